The first kappa shape index (κ1) is 14.4. The van der Waals surface area contributed by atoms with Crippen LogP contribution in [-0.2, 0) is 0 Å². The van der Waals surface area contributed by atoms with Gasteiger partial charge in [0.25, 0.3) is 0 Å². The minimum atomic E-state index is 0.138. The van der Waals surface area contributed by atoms with Crippen LogP contribution in [0.1, 0.15) is 31.4 Å². The molecule has 3 heteroatoms. The molecule has 1 aromatic rings. The van der Waals surface area contributed by atoms with Crippen molar-refractivity contribution >= 4 is 0 Å². The molecule has 0 amide bonds. The van der Waals surface area contributed by atoms with Crippen molar-refractivity contribution in [1.82, 2.24) is 5.32 Å². The number of methoxy groups -OCH3 is 2. The topological polar surface area (TPSA) is 30.5 Å². The molecule has 0 saturated carbocycles. The molecule has 0 saturated heterocycles. The molecule has 0 heterocycles. The Morgan fingerprint density at radius 1 is 1.22 bits per heavy atom. The van der Waals surface area contributed by atoms with Crippen molar-refractivity contribution in [2.45, 2.75) is 25.8 Å². The fourth-order valence-electron chi connectivity index (χ4n) is 1.77. The van der Waals surface area contributed by atoms with Gasteiger partial charge in [0, 0.05) is 18.5 Å². The van der Waals surface area contributed by atoms with E-state index in [1.54, 1.807) is 14.2 Å². The van der Waals surface area contributed by atoms with Gasteiger partial charge in [0.2, 0.25) is 0 Å². The molecule has 0 aromatic heterocycles. The highest BCUT2D eigenvalue weighted by Crippen LogP contribution is 2.27. The Hall–Kier alpha value is -1.66. The molecule has 0 spiro atoms. The summed E-state index contributed by atoms with van der Waals surface area (Å²) in [6.07, 6.45) is 7.15. The van der Waals surface area contributed by atoms with Crippen molar-refractivity contribution in [2.24, 2.45) is 0 Å². The molecule has 0 aliphatic heterocycles. The van der Waals surface area contributed by atoms with E-state index in [9.17, 15) is 0 Å². The van der Waals surface area contributed by atoms with E-state index >= 15 is 0 Å². The van der Waals surface area contributed by atoms with Gasteiger partial charge in [-0.2, -0.15) is 0 Å². The van der Waals surface area contributed by atoms with Crippen LogP contribution in [0.2, 0.25) is 0 Å². The first-order valence-corrected chi connectivity index (χ1v) is 6.15. The van der Waals surface area contributed by atoms with Crippen LogP contribution in [0.25, 0.3) is 0 Å². The van der Waals surface area contributed by atoms with Crippen molar-refractivity contribution in [2.75, 3.05) is 20.8 Å². The van der Waals surface area contributed by atoms with Gasteiger partial charge >= 0.3 is 0 Å². The van der Waals surface area contributed by atoms with Gasteiger partial charge in [-0.25, -0.2) is 0 Å². The quantitative estimate of drug-likeness (QED) is 0.752. The predicted molar refractivity (Wildman–Crippen MR) is 74.0 cm³/mol. The Balaban J connectivity index is 2.98. The van der Waals surface area contributed by atoms with Crippen molar-refractivity contribution in [3.63, 3.8) is 0 Å². The highest BCUT2D eigenvalue weighted by atomic mass is 16.5. The minimum Gasteiger partial charge on any atom is -0.497 e. The maximum Gasteiger partial charge on any atom is 0.122 e. The molecule has 0 radical (unpaired) electrons. The Labute approximate surface area is 109 Å². The lowest BCUT2D eigenvalue weighted by molar-refractivity contribution is 0.391. The first-order valence-electron chi connectivity index (χ1n) is 6.15. The van der Waals surface area contributed by atoms with Gasteiger partial charge in [-0.15, -0.1) is 12.3 Å². The van der Waals surface area contributed by atoms with Gasteiger partial charge in [-0.3, -0.25) is 0 Å². The van der Waals surface area contributed by atoms with Crippen LogP contribution in [0.15, 0.2) is 18.2 Å². The molecule has 3 nitrogen and oxygen atoms in total. The number of hydrogen-bond acceptors (Lipinski definition) is 3. The summed E-state index contributed by atoms with van der Waals surface area (Å²) in [6.45, 7) is 3.07. The lowest BCUT2D eigenvalue weighted by atomic mass is 10.0. The molecule has 1 aromatic carbocycles. The normalized spacial score (nSPS) is 11.7. The first-order chi connectivity index (χ1) is 8.74. The molecular weight excluding hydrogens is 226 g/mol. The highest BCUT2D eigenvalue weighted by Gasteiger charge is 2.12. The van der Waals surface area contributed by atoms with Crippen molar-refractivity contribution in [1.29, 1.82) is 0 Å². The van der Waals surface area contributed by atoms with Crippen molar-refractivity contribution in [3.8, 4) is 23.8 Å². The van der Waals surface area contributed by atoms with Crippen LogP contribution in [0.5, 0.6) is 11.5 Å². The predicted octanol–water partition coefficient (Wildman–Crippen LogP) is 2.77. The molecule has 0 aliphatic carbocycles. The molecule has 1 N–H and O–H groups in total. The third-order valence-corrected chi connectivity index (χ3v) is 2.74. The summed E-state index contributed by atoms with van der Waals surface area (Å²) in [6, 6.07) is 5.98. The summed E-state index contributed by atoms with van der Waals surface area (Å²) in [5, 5.41) is 3.44. The zero-order chi connectivity index (χ0) is 13.4. The van der Waals surface area contributed by atoms with Gasteiger partial charge in [0.15, 0.2) is 0 Å². The van der Waals surface area contributed by atoms with Crippen LogP contribution in [-0.4, -0.2) is 20.8 Å². The standard InChI is InChI=1S/C15H21NO2/c1-5-7-15(16-8-6-2)12-9-13(17-3)11-14(10-12)18-4/h1,9-11,15-16H,6-8H2,2-4H3. The molecule has 0 aliphatic rings. The Kier molecular flexibility index (Phi) is 6.10. The second kappa shape index (κ2) is 7.62. The summed E-state index contributed by atoms with van der Waals surface area (Å²) in [4.78, 5) is 0. The van der Waals surface area contributed by atoms with Gasteiger partial charge < -0.3 is 14.8 Å². The third-order valence-electron chi connectivity index (χ3n) is 2.74. The van der Waals surface area contributed by atoms with Gasteiger partial charge in [-0.05, 0) is 30.7 Å². The highest BCUT2D eigenvalue weighted by molar-refractivity contribution is 5.40. The van der Waals surface area contributed by atoms with Crippen molar-refractivity contribution in [3.05, 3.63) is 23.8 Å². The maximum atomic E-state index is 5.43. The summed E-state index contributed by atoms with van der Waals surface area (Å²) >= 11 is 0. The average Bonchev–Trinajstić information content (AvgIpc) is 2.42. The largest absolute Gasteiger partial charge is 0.497 e. The van der Waals surface area contributed by atoms with E-state index in [1.807, 2.05) is 18.2 Å². The van der Waals surface area contributed by atoms with Crippen LogP contribution >= 0.6 is 0 Å². The number of ether oxygens (including phenoxy) is 2. The third kappa shape index (κ3) is 3.97. The lowest BCUT2D eigenvalue weighted by Gasteiger charge is -2.18. The molecule has 1 atom stereocenters. The molecule has 0 bridgehead atoms. The van der Waals surface area contributed by atoms with Gasteiger partial charge in [0.05, 0.1) is 14.2 Å². The fourth-order valence-corrected chi connectivity index (χ4v) is 1.77. The smallest absolute Gasteiger partial charge is 0.122 e. The monoisotopic (exact) mass is 247 g/mol. The number of terminal acetylenes is 1. The second-order valence-corrected chi connectivity index (χ2v) is 4.06. The zero-order valence-electron chi connectivity index (χ0n) is 11.3. The van der Waals surface area contributed by atoms with E-state index in [1.165, 1.54) is 0 Å². The molecule has 1 rings (SSSR count). The summed E-state index contributed by atoms with van der Waals surface area (Å²) in [5.74, 6) is 4.27. The Bertz CT molecular complexity index is 387. The van der Waals surface area contributed by atoms with Gasteiger partial charge in [-0.1, -0.05) is 6.92 Å². The van der Waals surface area contributed by atoms with Crippen LogP contribution in [0.4, 0.5) is 0 Å². The molecule has 18 heavy (non-hydrogen) atoms. The van der Waals surface area contributed by atoms with E-state index in [2.05, 4.69) is 18.2 Å². The summed E-state index contributed by atoms with van der Waals surface area (Å²) in [7, 11) is 3.29. The van der Waals surface area contributed by atoms with E-state index in [0.717, 1.165) is 30.0 Å². The van der Waals surface area contributed by atoms with E-state index in [0.29, 0.717) is 6.42 Å². The Morgan fingerprint density at radius 2 is 1.83 bits per heavy atom. The van der Waals surface area contributed by atoms with Gasteiger partial charge in [0.1, 0.15) is 11.5 Å². The summed E-state index contributed by atoms with van der Waals surface area (Å²) in [5.41, 5.74) is 1.10. The molecule has 0 fully saturated rings. The minimum absolute atomic E-state index is 0.138. The number of rotatable bonds is 7. The van der Waals surface area contributed by atoms with Crippen LogP contribution in [0.3, 0.4) is 0 Å². The maximum absolute atomic E-state index is 5.43. The summed E-state index contributed by atoms with van der Waals surface area (Å²) < 4.78 is 10.5. The SMILES string of the molecule is C#CCC(NCCC)c1cc(OC)cc(OC)c1. The number of nitrogens with one attached hydrogen (secondary N) is 1. The fraction of sp³-hybridized carbons (Fsp3) is 0.467. The molecule has 1 unspecified atom stereocenters. The number of benzene rings is 1. The number of hydrogen-bond donors (Lipinski definition) is 1. The van der Waals surface area contributed by atoms with E-state index < -0.39 is 0 Å². The molecule has 98 valence electrons. The van der Waals surface area contributed by atoms with Crippen LogP contribution < -0.4 is 14.8 Å². The Morgan fingerprint density at radius 3 is 2.28 bits per heavy atom. The average molecular weight is 247 g/mol. The molecular formula is C15H21NO2. The lowest BCUT2D eigenvalue weighted by Crippen LogP contribution is -2.21. The second-order valence-electron chi connectivity index (χ2n) is 4.06. The van der Waals surface area contributed by atoms with E-state index in [4.69, 9.17) is 15.9 Å². The van der Waals surface area contributed by atoms with Crippen LogP contribution in [0, 0.1) is 12.3 Å². The van der Waals surface area contributed by atoms with Crippen molar-refractivity contribution < 1.29 is 9.47 Å². The zero-order valence-corrected chi connectivity index (χ0v) is 11.3. The van der Waals surface area contributed by atoms with E-state index in [-0.39, 0.29) is 6.04 Å².